The van der Waals surface area contributed by atoms with Crippen molar-refractivity contribution < 1.29 is 4.92 Å². The Hall–Kier alpha value is -1.63. The first-order valence-electron chi connectivity index (χ1n) is 6.62. The van der Waals surface area contributed by atoms with Crippen molar-refractivity contribution in [3.05, 3.63) is 15.8 Å². The smallest absolute Gasteiger partial charge is 0.334 e. The zero-order valence-electron chi connectivity index (χ0n) is 11.6. The molecular formula is C12H21N5O2. The lowest BCUT2D eigenvalue weighted by Gasteiger charge is -2.12. The van der Waals surface area contributed by atoms with E-state index in [-0.39, 0.29) is 22.6 Å². The first-order valence-corrected chi connectivity index (χ1v) is 6.62. The lowest BCUT2D eigenvalue weighted by Crippen LogP contribution is -2.31. The Kier molecular flexibility index (Phi) is 3.75. The van der Waals surface area contributed by atoms with E-state index in [0.717, 1.165) is 12.8 Å². The number of rotatable bonds is 6. The van der Waals surface area contributed by atoms with Gasteiger partial charge in [-0.05, 0) is 18.8 Å². The van der Waals surface area contributed by atoms with E-state index in [0.29, 0.717) is 24.0 Å². The molecule has 1 aliphatic carbocycles. The standard InChI is InChI=1S/C12H21N5O2/c1-7(2)10-11(17(18)19)12(16(3)15-10)14-6-9(13)8-4-5-8/h7-9,14H,4-6,13H2,1-3H3. The molecule has 1 aromatic heterocycles. The lowest BCUT2D eigenvalue weighted by molar-refractivity contribution is -0.384. The van der Waals surface area contributed by atoms with Gasteiger partial charge in [0.15, 0.2) is 0 Å². The van der Waals surface area contributed by atoms with Crippen molar-refractivity contribution in [3.63, 3.8) is 0 Å². The average molecular weight is 267 g/mol. The second-order valence-electron chi connectivity index (χ2n) is 5.50. The molecule has 1 aliphatic rings. The van der Waals surface area contributed by atoms with Crippen molar-refractivity contribution in [2.45, 2.75) is 38.6 Å². The van der Waals surface area contributed by atoms with E-state index in [1.165, 1.54) is 4.68 Å². The van der Waals surface area contributed by atoms with E-state index in [4.69, 9.17) is 5.73 Å². The summed E-state index contributed by atoms with van der Waals surface area (Å²) >= 11 is 0. The average Bonchev–Trinajstić information content (AvgIpc) is 3.10. The van der Waals surface area contributed by atoms with Crippen LogP contribution in [0.2, 0.25) is 0 Å². The predicted octanol–water partition coefficient (Wildman–Crippen LogP) is 1.60. The van der Waals surface area contributed by atoms with Gasteiger partial charge in [0.25, 0.3) is 0 Å². The third kappa shape index (κ3) is 2.86. The fraction of sp³-hybridized carbons (Fsp3) is 0.750. The molecule has 19 heavy (non-hydrogen) atoms. The lowest BCUT2D eigenvalue weighted by atomic mass is 10.1. The molecule has 2 rings (SSSR count). The van der Waals surface area contributed by atoms with Gasteiger partial charge >= 0.3 is 5.69 Å². The monoisotopic (exact) mass is 267 g/mol. The molecule has 106 valence electrons. The fourth-order valence-electron chi connectivity index (χ4n) is 2.21. The number of anilines is 1. The first kappa shape index (κ1) is 13.8. The van der Waals surface area contributed by atoms with Crippen LogP contribution < -0.4 is 11.1 Å². The van der Waals surface area contributed by atoms with Gasteiger partial charge in [0.2, 0.25) is 5.82 Å². The second-order valence-corrected chi connectivity index (χ2v) is 5.50. The quantitative estimate of drug-likeness (QED) is 0.602. The molecule has 1 fully saturated rings. The zero-order valence-corrected chi connectivity index (χ0v) is 11.6. The van der Waals surface area contributed by atoms with Gasteiger partial charge in [-0.3, -0.25) is 10.1 Å². The molecule has 0 spiro atoms. The largest absolute Gasteiger partial charge is 0.363 e. The number of hydrogen-bond donors (Lipinski definition) is 2. The van der Waals surface area contributed by atoms with Crippen LogP contribution in [0.25, 0.3) is 0 Å². The van der Waals surface area contributed by atoms with Gasteiger partial charge in [-0.2, -0.15) is 5.10 Å². The number of nitro groups is 1. The van der Waals surface area contributed by atoms with Crippen LogP contribution in [0.1, 0.15) is 38.3 Å². The van der Waals surface area contributed by atoms with Crippen LogP contribution in [0.5, 0.6) is 0 Å². The maximum absolute atomic E-state index is 11.2. The number of nitrogens with zero attached hydrogens (tertiary/aromatic N) is 3. The highest BCUT2D eigenvalue weighted by Gasteiger charge is 2.31. The molecule has 7 nitrogen and oxygen atoms in total. The Labute approximate surface area is 112 Å². The molecular weight excluding hydrogens is 246 g/mol. The minimum atomic E-state index is -0.368. The number of aryl methyl sites for hydroxylation is 1. The summed E-state index contributed by atoms with van der Waals surface area (Å²) in [6, 6.07) is 0.0528. The predicted molar refractivity (Wildman–Crippen MR) is 73.1 cm³/mol. The van der Waals surface area contributed by atoms with Crippen molar-refractivity contribution in [3.8, 4) is 0 Å². The third-order valence-electron chi connectivity index (χ3n) is 3.51. The maximum Gasteiger partial charge on any atom is 0.334 e. The molecule has 3 N–H and O–H groups in total. The summed E-state index contributed by atoms with van der Waals surface area (Å²) in [5.74, 6) is 1.02. The van der Waals surface area contributed by atoms with E-state index < -0.39 is 0 Å². The highest BCUT2D eigenvalue weighted by molar-refractivity contribution is 5.60. The molecule has 7 heteroatoms. The summed E-state index contributed by atoms with van der Waals surface area (Å²) in [5, 5.41) is 18.6. The highest BCUT2D eigenvalue weighted by Crippen LogP contribution is 2.34. The molecule has 0 saturated heterocycles. The molecule has 0 bridgehead atoms. The minimum absolute atomic E-state index is 0.0132. The number of nitrogens with one attached hydrogen (secondary N) is 1. The summed E-state index contributed by atoms with van der Waals surface area (Å²) in [6.45, 7) is 4.34. The van der Waals surface area contributed by atoms with Gasteiger partial charge in [-0.15, -0.1) is 0 Å². The van der Waals surface area contributed by atoms with Gasteiger partial charge in [0.05, 0.1) is 4.92 Å². The van der Waals surface area contributed by atoms with Crippen LogP contribution in [0.3, 0.4) is 0 Å². The van der Waals surface area contributed by atoms with Crippen LogP contribution in [-0.4, -0.2) is 27.3 Å². The van der Waals surface area contributed by atoms with Gasteiger partial charge in [-0.25, -0.2) is 4.68 Å². The summed E-state index contributed by atoms with van der Waals surface area (Å²) in [7, 11) is 1.71. The Bertz CT molecular complexity index is 479. The minimum Gasteiger partial charge on any atom is -0.363 e. The van der Waals surface area contributed by atoms with E-state index in [1.54, 1.807) is 7.05 Å². The highest BCUT2D eigenvalue weighted by atomic mass is 16.6. The van der Waals surface area contributed by atoms with Crippen LogP contribution in [-0.2, 0) is 7.05 Å². The molecule has 1 unspecified atom stereocenters. The molecule has 1 heterocycles. The van der Waals surface area contributed by atoms with Crippen LogP contribution >= 0.6 is 0 Å². The Balaban J connectivity index is 2.20. The van der Waals surface area contributed by atoms with Crippen molar-refractivity contribution in [1.29, 1.82) is 0 Å². The van der Waals surface area contributed by atoms with E-state index in [9.17, 15) is 10.1 Å². The number of aromatic nitrogens is 2. The topological polar surface area (TPSA) is 99.0 Å². The zero-order chi connectivity index (χ0) is 14.2. The van der Waals surface area contributed by atoms with Gasteiger partial charge in [0, 0.05) is 25.6 Å². The summed E-state index contributed by atoms with van der Waals surface area (Å²) in [6.07, 6.45) is 2.32. The molecule has 0 aromatic carbocycles. The fourth-order valence-corrected chi connectivity index (χ4v) is 2.21. The van der Waals surface area contributed by atoms with Crippen molar-refractivity contribution >= 4 is 11.5 Å². The summed E-state index contributed by atoms with van der Waals surface area (Å²) in [5.41, 5.74) is 6.59. The summed E-state index contributed by atoms with van der Waals surface area (Å²) in [4.78, 5) is 10.9. The Morgan fingerprint density at radius 3 is 2.68 bits per heavy atom. The molecule has 0 radical (unpaired) electrons. The Morgan fingerprint density at radius 2 is 2.21 bits per heavy atom. The molecule has 0 amide bonds. The van der Waals surface area contributed by atoms with Crippen LogP contribution in [0.4, 0.5) is 11.5 Å². The number of hydrogen-bond acceptors (Lipinski definition) is 5. The van der Waals surface area contributed by atoms with Crippen molar-refractivity contribution in [1.82, 2.24) is 9.78 Å². The summed E-state index contributed by atoms with van der Waals surface area (Å²) < 4.78 is 1.53. The Morgan fingerprint density at radius 1 is 1.58 bits per heavy atom. The van der Waals surface area contributed by atoms with Gasteiger partial charge in [-0.1, -0.05) is 13.8 Å². The molecule has 0 aliphatic heterocycles. The SMILES string of the molecule is CC(C)c1nn(C)c(NCC(N)C2CC2)c1[N+](=O)[O-]. The van der Waals surface area contributed by atoms with Gasteiger partial charge in [0.1, 0.15) is 5.69 Å². The van der Waals surface area contributed by atoms with Crippen molar-refractivity contribution in [2.24, 2.45) is 18.7 Å². The molecule has 1 atom stereocenters. The first-order chi connectivity index (χ1) is 8.91. The maximum atomic E-state index is 11.2. The molecule has 1 saturated carbocycles. The molecule has 1 aromatic rings. The van der Waals surface area contributed by atoms with E-state index in [1.807, 2.05) is 13.8 Å². The van der Waals surface area contributed by atoms with E-state index >= 15 is 0 Å². The second kappa shape index (κ2) is 5.16. The van der Waals surface area contributed by atoms with Crippen LogP contribution in [0, 0.1) is 16.0 Å². The van der Waals surface area contributed by atoms with Crippen LogP contribution in [0.15, 0.2) is 0 Å². The van der Waals surface area contributed by atoms with Crippen molar-refractivity contribution in [2.75, 3.05) is 11.9 Å². The van der Waals surface area contributed by atoms with E-state index in [2.05, 4.69) is 10.4 Å². The number of nitrogens with two attached hydrogens (primary N) is 1. The third-order valence-corrected chi connectivity index (χ3v) is 3.51. The van der Waals surface area contributed by atoms with Gasteiger partial charge < -0.3 is 11.1 Å². The normalized spacial score (nSPS) is 16.7.